The Morgan fingerprint density at radius 1 is 1.33 bits per heavy atom. The van der Waals surface area contributed by atoms with Gasteiger partial charge in [-0.3, -0.25) is 10.0 Å². The molecule has 0 aliphatic carbocycles. The summed E-state index contributed by atoms with van der Waals surface area (Å²) in [5.74, 6) is -0.897. The normalized spacial score (nSPS) is 20.6. The molecule has 106 valence electrons. The second-order valence-electron chi connectivity index (χ2n) is 4.40. The van der Waals surface area contributed by atoms with Crippen LogP contribution in [0.5, 0.6) is 0 Å². The van der Waals surface area contributed by atoms with Crippen molar-refractivity contribution in [1.82, 2.24) is 14.7 Å². The van der Waals surface area contributed by atoms with Gasteiger partial charge in [0.25, 0.3) is 5.91 Å². The largest absolute Gasteiger partial charge is 0.301 e. The van der Waals surface area contributed by atoms with Gasteiger partial charge in [-0.15, -0.1) is 0 Å². The number of hydroxylamine groups is 1. The van der Waals surface area contributed by atoms with Crippen LogP contribution in [0.3, 0.4) is 0 Å². The van der Waals surface area contributed by atoms with Crippen LogP contribution in [-0.2, 0) is 14.8 Å². The fraction of sp³-hybridized carbons (Fsp3) is 0.900. The highest BCUT2D eigenvalue weighted by atomic mass is 32.2. The average Bonchev–Trinajstić information content (AvgIpc) is 2.38. The van der Waals surface area contributed by atoms with Crippen molar-refractivity contribution in [3.63, 3.8) is 0 Å². The molecule has 7 nitrogen and oxygen atoms in total. The van der Waals surface area contributed by atoms with E-state index in [-0.39, 0.29) is 0 Å². The fourth-order valence-corrected chi connectivity index (χ4v) is 3.42. The molecule has 0 radical (unpaired) electrons. The molecule has 1 saturated heterocycles. The number of carbonyl (C=O) groups excluding carboxylic acids is 1. The van der Waals surface area contributed by atoms with E-state index in [4.69, 9.17) is 5.21 Å². The summed E-state index contributed by atoms with van der Waals surface area (Å²) in [4.78, 5) is 13.4. The number of carbonyl (C=O) groups is 1. The first kappa shape index (κ1) is 15.4. The fourth-order valence-electron chi connectivity index (χ4n) is 1.97. The predicted molar refractivity (Wildman–Crippen MR) is 66.6 cm³/mol. The van der Waals surface area contributed by atoms with Crippen LogP contribution in [0.4, 0.5) is 0 Å². The molecule has 0 aromatic rings. The quantitative estimate of drug-likeness (QED) is 0.510. The summed E-state index contributed by atoms with van der Waals surface area (Å²) in [5, 5.41) is 7.22. The molecule has 18 heavy (non-hydrogen) atoms. The molecule has 0 spiro atoms. The number of nitrogens with one attached hydrogen (secondary N) is 1. The van der Waals surface area contributed by atoms with Gasteiger partial charge in [0.2, 0.25) is 10.0 Å². The van der Waals surface area contributed by atoms with Crippen LogP contribution in [0.15, 0.2) is 0 Å². The Hall–Kier alpha value is -0.700. The molecule has 1 unspecified atom stereocenters. The van der Waals surface area contributed by atoms with Gasteiger partial charge in [0, 0.05) is 26.2 Å². The second-order valence-corrected chi connectivity index (χ2v) is 6.66. The Morgan fingerprint density at radius 3 is 2.33 bits per heavy atom. The van der Waals surface area contributed by atoms with Crippen molar-refractivity contribution in [2.45, 2.75) is 25.5 Å². The highest BCUT2D eigenvalue weighted by Gasteiger charge is 2.35. The zero-order valence-electron chi connectivity index (χ0n) is 10.8. The van der Waals surface area contributed by atoms with Gasteiger partial charge >= 0.3 is 0 Å². The molecular weight excluding hydrogens is 258 g/mol. The van der Waals surface area contributed by atoms with E-state index in [1.165, 1.54) is 16.7 Å². The highest BCUT2D eigenvalue weighted by molar-refractivity contribution is 7.90. The average molecular weight is 279 g/mol. The molecule has 1 amide bonds. The molecular formula is C10H21N3O4S. The maximum Gasteiger partial charge on any atom is 0.262 e. The second kappa shape index (κ2) is 6.46. The van der Waals surface area contributed by atoms with E-state index < -0.39 is 21.2 Å². The molecule has 1 aliphatic heterocycles. The van der Waals surface area contributed by atoms with Gasteiger partial charge in [-0.2, -0.15) is 4.31 Å². The van der Waals surface area contributed by atoms with Crippen molar-refractivity contribution in [1.29, 1.82) is 0 Å². The number of rotatable bonds is 5. The SMILES string of the molecule is CCCN1CCN(S(=O)(=O)C(C)C(=O)NO)CC1. The van der Waals surface area contributed by atoms with E-state index in [1.807, 2.05) is 0 Å². The van der Waals surface area contributed by atoms with E-state index in [9.17, 15) is 13.2 Å². The molecule has 0 bridgehead atoms. The minimum Gasteiger partial charge on any atom is -0.301 e. The molecule has 0 saturated carbocycles. The van der Waals surface area contributed by atoms with Crippen molar-refractivity contribution >= 4 is 15.9 Å². The Balaban J connectivity index is 2.63. The van der Waals surface area contributed by atoms with Crippen LogP contribution in [0, 0.1) is 0 Å². The van der Waals surface area contributed by atoms with Crippen LogP contribution in [0.1, 0.15) is 20.3 Å². The summed E-state index contributed by atoms with van der Waals surface area (Å²) in [6.07, 6.45) is 1.04. The van der Waals surface area contributed by atoms with Gasteiger partial charge in [0.1, 0.15) is 0 Å². The standard InChI is InChI=1S/C10H21N3O4S/c1-3-4-12-5-7-13(8-6-12)18(16,17)9(2)10(14)11-15/h9,15H,3-8H2,1-2H3,(H,11,14). The molecule has 1 aliphatic rings. The maximum absolute atomic E-state index is 12.1. The van der Waals surface area contributed by atoms with E-state index in [2.05, 4.69) is 11.8 Å². The highest BCUT2D eigenvalue weighted by Crippen LogP contribution is 2.13. The first-order valence-electron chi connectivity index (χ1n) is 6.08. The Kier molecular flexibility index (Phi) is 5.51. The van der Waals surface area contributed by atoms with Gasteiger partial charge in [-0.1, -0.05) is 6.92 Å². The number of sulfonamides is 1. The van der Waals surface area contributed by atoms with Gasteiger partial charge in [-0.05, 0) is 19.9 Å². The Morgan fingerprint density at radius 2 is 1.89 bits per heavy atom. The molecule has 0 aromatic heterocycles. The summed E-state index contributed by atoms with van der Waals surface area (Å²) >= 11 is 0. The van der Waals surface area contributed by atoms with E-state index in [0.29, 0.717) is 26.2 Å². The summed E-state index contributed by atoms with van der Waals surface area (Å²) in [6, 6.07) is 0. The zero-order valence-corrected chi connectivity index (χ0v) is 11.6. The predicted octanol–water partition coefficient (Wildman–Crippen LogP) is -0.762. The van der Waals surface area contributed by atoms with E-state index in [1.54, 1.807) is 0 Å². The summed E-state index contributed by atoms with van der Waals surface area (Å²) in [7, 11) is -3.68. The Bertz CT molecular complexity index is 377. The van der Waals surface area contributed by atoms with Gasteiger partial charge in [0.15, 0.2) is 5.25 Å². The molecule has 1 heterocycles. The van der Waals surface area contributed by atoms with E-state index >= 15 is 0 Å². The first-order valence-corrected chi connectivity index (χ1v) is 7.59. The third kappa shape index (κ3) is 3.41. The third-order valence-electron chi connectivity index (χ3n) is 3.16. The van der Waals surface area contributed by atoms with Crippen LogP contribution < -0.4 is 5.48 Å². The minimum absolute atomic E-state index is 0.394. The number of hydrogen-bond donors (Lipinski definition) is 2. The minimum atomic E-state index is -3.68. The number of nitrogens with zero attached hydrogens (tertiary/aromatic N) is 2. The van der Waals surface area contributed by atoms with Crippen LogP contribution >= 0.6 is 0 Å². The summed E-state index contributed by atoms with van der Waals surface area (Å²) in [5.41, 5.74) is 1.38. The lowest BCUT2D eigenvalue weighted by Crippen LogP contribution is -2.53. The van der Waals surface area contributed by atoms with Crippen molar-refractivity contribution in [2.24, 2.45) is 0 Å². The lowest BCUT2D eigenvalue weighted by Gasteiger charge is -2.34. The maximum atomic E-state index is 12.1. The van der Waals surface area contributed by atoms with Gasteiger partial charge < -0.3 is 4.90 Å². The van der Waals surface area contributed by atoms with Crippen molar-refractivity contribution < 1.29 is 18.4 Å². The van der Waals surface area contributed by atoms with Crippen molar-refractivity contribution in [3.05, 3.63) is 0 Å². The molecule has 2 N–H and O–H groups in total. The number of amides is 1. The zero-order chi connectivity index (χ0) is 13.8. The summed E-state index contributed by atoms with van der Waals surface area (Å²) in [6.45, 7) is 6.47. The molecule has 1 rings (SSSR count). The Labute approximate surface area is 108 Å². The lowest BCUT2D eigenvalue weighted by molar-refractivity contribution is -0.128. The van der Waals surface area contributed by atoms with Gasteiger partial charge in [-0.25, -0.2) is 13.9 Å². The third-order valence-corrected chi connectivity index (χ3v) is 5.35. The van der Waals surface area contributed by atoms with Crippen LogP contribution in [0.2, 0.25) is 0 Å². The molecule has 1 fully saturated rings. The van der Waals surface area contributed by atoms with Crippen LogP contribution in [-0.4, -0.2) is 66.7 Å². The smallest absolute Gasteiger partial charge is 0.262 e. The van der Waals surface area contributed by atoms with E-state index in [0.717, 1.165) is 13.0 Å². The molecule has 8 heteroatoms. The lowest BCUT2D eigenvalue weighted by atomic mass is 10.3. The van der Waals surface area contributed by atoms with Crippen molar-refractivity contribution in [2.75, 3.05) is 32.7 Å². The van der Waals surface area contributed by atoms with Crippen LogP contribution in [0.25, 0.3) is 0 Å². The van der Waals surface area contributed by atoms with Gasteiger partial charge in [0.05, 0.1) is 0 Å². The number of hydrogen-bond acceptors (Lipinski definition) is 5. The first-order chi connectivity index (χ1) is 8.43. The number of piperazine rings is 1. The topological polar surface area (TPSA) is 90.0 Å². The molecule has 0 aromatic carbocycles. The van der Waals surface area contributed by atoms with Crippen molar-refractivity contribution in [3.8, 4) is 0 Å². The molecule has 1 atom stereocenters. The monoisotopic (exact) mass is 279 g/mol. The summed E-state index contributed by atoms with van der Waals surface area (Å²) < 4.78 is 25.5.